The second kappa shape index (κ2) is 9.60. The van der Waals surface area contributed by atoms with E-state index in [1.54, 1.807) is 6.08 Å². The molecule has 2 aromatic carbocycles. The van der Waals surface area contributed by atoms with Crippen molar-refractivity contribution in [2.45, 2.75) is 32.9 Å². The van der Waals surface area contributed by atoms with Crippen LogP contribution in [0.3, 0.4) is 0 Å². The SMILES string of the molecule is CCn1c(CNC(=O)C2CCN(C(=O)C=Cc3ccccc3)CC2)nc2ccccc21. The zero-order valence-electron chi connectivity index (χ0n) is 17.8. The predicted octanol–water partition coefficient (Wildman–Crippen LogP) is 3.62. The molecule has 160 valence electrons. The molecule has 0 atom stereocenters. The van der Waals surface area contributed by atoms with Gasteiger partial charge in [-0.05, 0) is 43.5 Å². The van der Waals surface area contributed by atoms with E-state index in [-0.39, 0.29) is 17.7 Å². The molecule has 1 aliphatic heterocycles. The van der Waals surface area contributed by atoms with E-state index in [9.17, 15) is 9.59 Å². The molecule has 1 fully saturated rings. The minimum absolute atomic E-state index is 0.000579. The fourth-order valence-electron chi connectivity index (χ4n) is 4.12. The molecule has 0 unspecified atom stereocenters. The summed E-state index contributed by atoms with van der Waals surface area (Å²) in [7, 11) is 0. The van der Waals surface area contributed by atoms with E-state index in [0.29, 0.717) is 32.5 Å². The minimum atomic E-state index is -0.0680. The van der Waals surface area contributed by atoms with Crippen molar-refractivity contribution in [1.29, 1.82) is 0 Å². The van der Waals surface area contributed by atoms with Crippen LogP contribution in [0.1, 0.15) is 31.2 Å². The lowest BCUT2D eigenvalue weighted by Crippen LogP contribution is -2.42. The highest BCUT2D eigenvalue weighted by Crippen LogP contribution is 2.19. The molecule has 0 radical (unpaired) electrons. The van der Waals surface area contributed by atoms with Crippen molar-refractivity contribution in [3.63, 3.8) is 0 Å². The molecule has 0 spiro atoms. The second-order valence-electron chi connectivity index (χ2n) is 7.82. The first-order valence-corrected chi connectivity index (χ1v) is 10.9. The van der Waals surface area contributed by atoms with Gasteiger partial charge in [0.15, 0.2) is 0 Å². The Labute approximate surface area is 182 Å². The van der Waals surface area contributed by atoms with Gasteiger partial charge in [-0.1, -0.05) is 42.5 Å². The number of amides is 2. The Bertz CT molecular complexity index is 1080. The lowest BCUT2D eigenvalue weighted by molar-refractivity contribution is -0.132. The summed E-state index contributed by atoms with van der Waals surface area (Å²) in [5, 5.41) is 3.06. The number of carbonyl (C=O) groups is 2. The molecule has 31 heavy (non-hydrogen) atoms. The van der Waals surface area contributed by atoms with Gasteiger partial charge in [-0.2, -0.15) is 0 Å². The van der Waals surface area contributed by atoms with E-state index in [1.165, 1.54) is 0 Å². The summed E-state index contributed by atoms with van der Waals surface area (Å²) in [6.07, 6.45) is 4.81. The van der Waals surface area contributed by atoms with Crippen LogP contribution in [-0.4, -0.2) is 39.4 Å². The molecule has 1 aliphatic rings. The number of benzene rings is 2. The molecule has 6 heteroatoms. The van der Waals surface area contributed by atoms with Gasteiger partial charge < -0.3 is 14.8 Å². The predicted molar refractivity (Wildman–Crippen MR) is 122 cm³/mol. The van der Waals surface area contributed by atoms with Crippen molar-refractivity contribution in [1.82, 2.24) is 19.8 Å². The van der Waals surface area contributed by atoms with Crippen molar-refractivity contribution >= 4 is 28.9 Å². The summed E-state index contributed by atoms with van der Waals surface area (Å²) in [5.41, 5.74) is 3.04. The zero-order chi connectivity index (χ0) is 21.6. The average molecular weight is 417 g/mol. The van der Waals surface area contributed by atoms with Crippen LogP contribution in [0.4, 0.5) is 0 Å². The summed E-state index contributed by atoms with van der Waals surface area (Å²) in [6.45, 7) is 4.51. The van der Waals surface area contributed by atoms with Crippen LogP contribution in [-0.2, 0) is 22.7 Å². The third kappa shape index (κ3) is 4.85. The average Bonchev–Trinajstić information content (AvgIpc) is 3.19. The van der Waals surface area contributed by atoms with E-state index in [1.807, 2.05) is 59.5 Å². The van der Waals surface area contributed by atoms with Crippen LogP contribution in [0.15, 0.2) is 60.7 Å². The smallest absolute Gasteiger partial charge is 0.246 e. The highest BCUT2D eigenvalue weighted by molar-refractivity contribution is 5.92. The fourth-order valence-corrected chi connectivity index (χ4v) is 4.12. The van der Waals surface area contributed by atoms with E-state index in [4.69, 9.17) is 0 Å². The Hall–Kier alpha value is -3.41. The van der Waals surface area contributed by atoms with Crippen molar-refractivity contribution in [3.05, 3.63) is 72.1 Å². The quantitative estimate of drug-likeness (QED) is 0.624. The molecule has 3 aromatic rings. The number of piperidine rings is 1. The molecule has 2 heterocycles. The summed E-state index contributed by atoms with van der Waals surface area (Å²) >= 11 is 0. The first-order chi connectivity index (χ1) is 15.2. The maximum absolute atomic E-state index is 12.7. The third-order valence-corrected chi connectivity index (χ3v) is 5.87. The second-order valence-corrected chi connectivity index (χ2v) is 7.82. The largest absolute Gasteiger partial charge is 0.349 e. The number of rotatable bonds is 6. The van der Waals surface area contributed by atoms with E-state index in [0.717, 1.165) is 29.0 Å². The lowest BCUT2D eigenvalue weighted by atomic mass is 9.96. The molecular weight excluding hydrogens is 388 g/mol. The maximum atomic E-state index is 12.7. The fraction of sp³-hybridized carbons (Fsp3) is 0.320. The van der Waals surface area contributed by atoms with Gasteiger partial charge in [0.05, 0.1) is 17.6 Å². The number of likely N-dealkylation sites (tertiary alicyclic amines) is 1. The van der Waals surface area contributed by atoms with E-state index in [2.05, 4.69) is 27.9 Å². The van der Waals surface area contributed by atoms with Crippen molar-refractivity contribution < 1.29 is 9.59 Å². The Morgan fingerprint density at radius 1 is 1.06 bits per heavy atom. The maximum Gasteiger partial charge on any atom is 0.246 e. The Balaban J connectivity index is 1.29. The normalized spacial score (nSPS) is 14.9. The number of nitrogens with zero attached hydrogens (tertiary/aromatic N) is 3. The van der Waals surface area contributed by atoms with Gasteiger partial charge >= 0.3 is 0 Å². The number of hydrogen-bond donors (Lipinski definition) is 1. The highest BCUT2D eigenvalue weighted by atomic mass is 16.2. The van der Waals surface area contributed by atoms with Crippen LogP contribution in [0.2, 0.25) is 0 Å². The van der Waals surface area contributed by atoms with Crippen molar-refractivity contribution in [2.24, 2.45) is 5.92 Å². The molecule has 0 bridgehead atoms. The van der Waals surface area contributed by atoms with E-state index < -0.39 is 0 Å². The number of hydrogen-bond acceptors (Lipinski definition) is 3. The summed E-state index contributed by atoms with van der Waals surface area (Å²) in [5.74, 6) is 0.846. The minimum Gasteiger partial charge on any atom is -0.349 e. The molecule has 1 aromatic heterocycles. The van der Waals surface area contributed by atoms with Gasteiger partial charge in [-0.3, -0.25) is 9.59 Å². The summed E-state index contributed by atoms with van der Waals surface area (Å²) < 4.78 is 2.13. The van der Waals surface area contributed by atoms with Crippen molar-refractivity contribution in [2.75, 3.05) is 13.1 Å². The van der Waals surface area contributed by atoms with Crippen LogP contribution in [0, 0.1) is 5.92 Å². The number of para-hydroxylation sites is 2. The molecule has 2 amide bonds. The summed E-state index contributed by atoms with van der Waals surface area (Å²) in [4.78, 5) is 31.6. The summed E-state index contributed by atoms with van der Waals surface area (Å²) in [6, 6.07) is 17.8. The molecule has 1 saturated heterocycles. The lowest BCUT2D eigenvalue weighted by Gasteiger charge is -2.30. The van der Waals surface area contributed by atoms with Gasteiger partial charge in [0.1, 0.15) is 5.82 Å². The van der Waals surface area contributed by atoms with Gasteiger partial charge in [-0.25, -0.2) is 4.98 Å². The van der Waals surface area contributed by atoms with E-state index >= 15 is 0 Å². The number of nitrogens with one attached hydrogen (secondary N) is 1. The standard InChI is InChI=1S/C25H28N4O2/c1-2-29-22-11-7-6-10-21(22)27-23(29)18-26-25(31)20-14-16-28(17-15-20)24(30)13-12-19-8-4-3-5-9-19/h3-13,20H,2,14-18H2,1H3,(H,26,31). The monoisotopic (exact) mass is 416 g/mol. The molecular formula is C25H28N4O2. The molecule has 6 nitrogen and oxygen atoms in total. The zero-order valence-corrected chi connectivity index (χ0v) is 17.8. The topological polar surface area (TPSA) is 67.2 Å². The number of imidazole rings is 1. The number of carbonyl (C=O) groups excluding carboxylic acids is 2. The molecule has 0 aliphatic carbocycles. The van der Waals surface area contributed by atoms with Crippen LogP contribution >= 0.6 is 0 Å². The van der Waals surface area contributed by atoms with Crippen LogP contribution in [0.25, 0.3) is 17.1 Å². The highest BCUT2D eigenvalue weighted by Gasteiger charge is 2.26. The van der Waals surface area contributed by atoms with Gasteiger partial charge in [0.25, 0.3) is 0 Å². The Morgan fingerprint density at radius 3 is 2.52 bits per heavy atom. The first kappa shape index (κ1) is 20.8. The Kier molecular flexibility index (Phi) is 6.46. The number of aryl methyl sites for hydroxylation is 1. The molecule has 4 rings (SSSR count). The van der Waals surface area contributed by atoms with Gasteiger partial charge in [0.2, 0.25) is 11.8 Å². The Morgan fingerprint density at radius 2 is 1.77 bits per heavy atom. The van der Waals surface area contributed by atoms with Crippen LogP contribution < -0.4 is 5.32 Å². The van der Waals surface area contributed by atoms with Crippen molar-refractivity contribution in [3.8, 4) is 0 Å². The third-order valence-electron chi connectivity index (χ3n) is 5.87. The van der Waals surface area contributed by atoms with Gasteiger partial charge in [-0.15, -0.1) is 0 Å². The first-order valence-electron chi connectivity index (χ1n) is 10.9. The molecule has 1 N–H and O–H groups in total. The molecule has 0 saturated carbocycles. The van der Waals surface area contributed by atoms with Gasteiger partial charge in [0, 0.05) is 31.6 Å². The number of fused-ring (bicyclic) bond motifs is 1. The number of aromatic nitrogens is 2. The van der Waals surface area contributed by atoms with Crippen LogP contribution in [0.5, 0.6) is 0 Å².